The predicted molar refractivity (Wildman–Crippen MR) is 74.1 cm³/mol. The van der Waals surface area contributed by atoms with E-state index in [-0.39, 0.29) is 11.9 Å². The molecule has 0 bridgehead atoms. The summed E-state index contributed by atoms with van der Waals surface area (Å²) in [6, 6.07) is 9.09. The Bertz CT molecular complexity index is 536. The second-order valence-corrected chi connectivity index (χ2v) is 5.17. The molecule has 0 atom stereocenters. The van der Waals surface area contributed by atoms with Crippen molar-refractivity contribution in [3.05, 3.63) is 54.1 Å². The maximum atomic E-state index is 12.9. The molecule has 1 aromatic heterocycles. The molecule has 0 N–H and O–H groups in total. The summed E-state index contributed by atoms with van der Waals surface area (Å²) < 4.78 is 18.7. The molecule has 1 fully saturated rings. The van der Waals surface area contributed by atoms with Crippen molar-refractivity contribution in [1.29, 1.82) is 0 Å². The zero-order valence-corrected chi connectivity index (χ0v) is 11.2. The van der Waals surface area contributed by atoms with Gasteiger partial charge in [0.2, 0.25) is 0 Å². The molecule has 0 amide bonds. The highest BCUT2D eigenvalue weighted by Gasteiger charge is 2.24. The molecule has 0 saturated heterocycles. The molecule has 1 heterocycles. The fourth-order valence-corrected chi connectivity index (χ4v) is 2.74. The molecule has 2 aromatic rings. The smallest absolute Gasteiger partial charge is 0.316 e. The molecular formula is C16H17FN2O. The van der Waals surface area contributed by atoms with Crippen LogP contribution in [0.5, 0.6) is 6.01 Å². The Hall–Kier alpha value is -1.97. The van der Waals surface area contributed by atoms with E-state index in [1.165, 1.54) is 17.7 Å². The highest BCUT2D eigenvalue weighted by Crippen LogP contribution is 2.34. The van der Waals surface area contributed by atoms with Gasteiger partial charge in [0.1, 0.15) is 11.9 Å². The van der Waals surface area contributed by atoms with Gasteiger partial charge in [0.05, 0.1) is 0 Å². The number of hydrogen-bond donors (Lipinski definition) is 0. The molecular weight excluding hydrogens is 255 g/mol. The molecule has 104 valence electrons. The van der Waals surface area contributed by atoms with Gasteiger partial charge in [-0.05, 0) is 55.4 Å². The molecule has 0 unspecified atom stereocenters. The minimum atomic E-state index is -0.174. The van der Waals surface area contributed by atoms with Crippen LogP contribution in [-0.2, 0) is 0 Å². The van der Waals surface area contributed by atoms with Crippen LogP contribution in [0.15, 0.2) is 42.7 Å². The van der Waals surface area contributed by atoms with Gasteiger partial charge in [-0.3, -0.25) is 0 Å². The second kappa shape index (κ2) is 5.99. The minimum absolute atomic E-state index is 0.174. The van der Waals surface area contributed by atoms with Crippen LogP contribution in [0.2, 0.25) is 0 Å². The zero-order chi connectivity index (χ0) is 13.8. The van der Waals surface area contributed by atoms with Gasteiger partial charge in [0.15, 0.2) is 0 Å². The van der Waals surface area contributed by atoms with Crippen LogP contribution in [0.4, 0.5) is 4.39 Å². The fourth-order valence-electron chi connectivity index (χ4n) is 2.74. The van der Waals surface area contributed by atoms with Crippen LogP contribution in [-0.4, -0.2) is 16.1 Å². The van der Waals surface area contributed by atoms with Gasteiger partial charge >= 0.3 is 6.01 Å². The van der Waals surface area contributed by atoms with Crippen molar-refractivity contribution >= 4 is 0 Å². The average Bonchev–Trinajstić information content (AvgIpc) is 2.50. The number of aromatic nitrogens is 2. The topological polar surface area (TPSA) is 35.0 Å². The van der Waals surface area contributed by atoms with Crippen molar-refractivity contribution in [2.75, 3.05) is 0 Å². The molecule has 4 heteroatoms. The van der Waals surface area contributed by atoms with Gasteiger partial charge in [0, 0.05) is 12.4 Å². The van der Waals surface area contributed by atoms with Gasteiger partial charge in [-0.25, -0.2) is 14.4 Å². The molecule has 20 heavy (non-hydrogen) atoms. The minimum Gasteiger partial charge on any atom is -0.460 e. The van der Waals surface area contributed by atoms with Crippen LogP contribution in [0.3, 0.4) is 0 Å². The van der Waals surface area contributed by atoms with Crippen LogP contribution in [0.1, 0.15) is 37.2 Å². The largest absolute Gasteiger partial charge is 0.460 e. The molecule has 3 nitrogen and oxygen atoms in total. The van der Waals surface area contributed by atoms with Gasteiger partial charge in [-0.2, -0.15) is 0 Å². The van der Waals surface area contributed by atoms with E-state index < -0.39 is 0 Å². The summed E-state index contributed by atoms with van der Waals surface area (Å²) in [6.07, 6.45) is 7.65. The summed E-state index contributed by atoms with van der Waals surface area (Å²) in [5.41, 5.74) is 1.22. The standard InChI is InChI=1S/C16H17FN2O/c17-14-6-2-12(3-7-14)13-4-8-15(9-5-13)20-16-18-10-1-11-19-16/h1-3,6-7,10-11,13,15H,4-5,8-9H2. The summed E-state index contributed by atoms with van der Waals surface area (Å²) >= 11 is 0. The van der Waals surface area contributed by atoms with E-state index in [0.29, 0.717) is 11.9 Å². The summed E-state index contributed by atoms with van der Waals surface area (Å²) in [5, 5.41) is 0. The third-order valence-corrected chi connectivity index (χ3v) is 3.83. The van der Waals surface area contributed by atoms with E-state index in [9.17, 15) is 4.39 Å². The maximum absolute atomic E-state index is 12.9. The lowest BCUT2D eigenvalue weighted by atomic mass is 9.83. The Kier molecular flexibility index (Phi) is 3.90. The number of nitrogens with zero attached hydrogens (tertiary/aromatic N) is 2. The SMILES string of the molecule is Fc1ccc(C2CCC(Oc3ncccn3)CC2)cc1. The third kappa shape index (κ3) is 3.13. The van der Waals surface area contributed by atoms with Crippen molar-refractivity contribution in [1.82, 2.24) is 9.97 Å². The Morgan fingerprint density at radius 1 is 0.950 bits per heavy atom. The summed E-state index contributed by atoms with van der Waals surface area (Å²) in [5.74, 6) is 0.333. The summed E-state index contributed by atoms with van der Waals surface area (Å²) in [7, 11) is 0. The number of rotatable bonds is 3. The quantitative estimate of drug-likeness (QED) is 0.854. The van der Waals surface area contributed by atoms with Crippen molar-refractivity contribution in [3.63, 3.8) is 0 Å². The molecule has 0 spiro atoms. The number of ether oxygens (including phenoxy) is 1. The first-order valence-corrected chi connectivity index (χ1v) is 7.00. The first kappa shape index (κ1) is 13.0. The van der Waals surface area contributed by atoms with Gasteiger partial charge < -0.3 is 4.74 Å². The molecule has 1 aromatic carbocycles. The van der Waals surface area contributed by atoms with Crippen LogP contribution in [0, 0.1) is 5.82 Å². The lowest BCUT2D eigenvalue weighted by Crippen LogP contribution is -2.24. The lowest BCUT2D eigenvalue weighted by molar-refractivity contribution is 0.134. The Morgan fingerprint density at radius 2 is 1.60 bits per heavy atom. The maximum Gasteiger partial charge on any atom is 0.316 e. The van der Waals surface area contributed by atoms with Crippen molar-refractivity contribution < 1.29 is 9.13 Å². The van der Waals surface area contributed by atoms with E-state index in [2.05, 4.69) is 9.97 Å². The number of halogens is 1. The number of hydrogen-bond acceptors (Lipinski definition) is 3. The lowest BCUT2D eigenvalue weighted by Gasteiger charge is -2.28. The summed E-state index contributed by atoms with van der Waals surface area (Å²) in [4.78, 5) is 8.17. The molecule has 0 aliphatic heterocycles. The zero-order valence-electron chi connectivity index (χ0n) is 11.2. The first-order valence-electron chi connectivity index (χ1n) is 7.00. The fraction of sp³-hybridized carbons (Fsp3) is 0.375. The number of benzene rings is 1. The van der Waals surface area contributed by atoms with E-state index in [0.717, 1.165) is 25.7 Å². The molecule has 1 saturated carbocycles. The van der Waals surface area contributed by atoms with Gasteiger partial charge in [0.25, 0.3) is 0 Å². The normalized spacial score (nSPS) is 22.4. The van der Waals surface area contributed by atoms with Crippen LogP contribution >= 0.6 is 0 Å². The van der Waals surface area contributed by atoms with E-state index in [4.69, 9.17) is 4.74 Å². The highest BCUT2D eigenvalue weighted by atomic mass is 19.1. The third-order valence-electron chi connectivity index (χ3n) is 3.83. The average molecular weight is 272 g/mol. The Morgan fingerprint density at radius 3 is 2.25 bits per heavy atom. The van der Waals surface area contributed by atoms with E-state index in [1.807, 2.05) is 12.1 Å². The molecule has 3 rings (SSSR count). The predicted octanol–water partition coefficient (Wildman–Crippen LogP) is 3.72. The van der Waals surface area contributed by atoms with Crippen molar-refractivity contribution in [2.24, 2.45) is 0 Å². The van der Waals surface area contributed by atoms with E-state index in [1.54, 1.807) is 18.5 Å². The summed E-state index contributed by atoms with van der Waals surface area (Å²) in [6.45, 7) is 0. The monoisotopic (exact) mass is 272 g/mol. The van der Waals surface area contributed by atoms with Gasteiger partial charge in [-0.15, -0.1) is 0 Å². The molecule has 1 aliphatic carbocycles. The van der Waals surface area contributed by atoms with Crippen LogP contribution in [0.25, 0.3) is 0 Å². The second-order valence-electron chi connectivity index (χ2n) is 5.17. The Labute approximate surface area is 117 Å². The van der Waals surface area contributed by atoms with Crippen molar-refractivity contribution in [2.45, 2.75) is 37.7 Å². The molecule has 0 radical (unpaired) electrons. The highest BCUT2D eigenvalue weighted by molar-refractivity contribution is 5.21. The molecule has 1 aliphatic rings. The Balaban J connectivity index is 1.55. The first-order chi connectivity index (χ1) is 9.81. The van der Waals surface area contributed by atoms with Gasteiger partial charge in [-0.1, -0.05) is 12.1 Å². The van der Waals surface area contributed by atoms with E-state index >= 15 is 0 Å². The van der Waals surface area contributed by atoms with Crippen LogP contribution < -0.4 is 4.74 Å². The van der Waals surface area contributed by atoms with Crippen molar-refractivity contribution in [3.8, 4) is 6.01 Å².